The van der Waals surface area contributed by atoms with Gasteiger partial charge in [-0.3, -0.25) is 0 Å². The smallest absolute Gasteiger partial charge is 0.0615 e. The van der Waals surface area contributed by atoms with Crippen LogP contribution < -0.4 is 5.32 Å². The highest BCUT2D eigenvalue weighted by Crippen LogP contribution is 2.48. The molecule has 0 amide bonds. The van der Waals surface area contributed by atoms with Crippen LogP contribution in [0.2, 0.25) is 0 Å². The van der Waals surface area contributed by atoms with E-state index in [1.165, 1.54) is 38.6 Å². The number of methoxy groups -OCH3 is 1. The van der Waals surface area contributed by atoms with Gasteiger partial charge in [-0.25, -0.2) is 0 Å². The van der Waals surface area contributed by atoms with Gasteiger partial charge in [-0.2, -0.15) is 0 Å². The van der Waals surface area contributed by atoms with Gasteiger partial charge in [-0.15, -0.1) is 0 Å². The maximum Gasteiger partial charge on any atom is 0.0615 e. The monoisotopic (exact) mass is 211 g/mol. The molecule has 15 heavy (non-hydrogen) atoms. The van der Waals surface area contributed by atoms with Gasteiger partial charge in [0, 0.05) is 13.2 Å². The maximum atomic E-state index is 5.22. The Morgan fingerprint density at radius 3 is 2.20 bits per heavy atom. The summed E-state index contributed by atoms with van der Waals surface area (Å²) >= 11 is 0. The Bertz CT molecular complexity index is 175. The lowest BCUT2D eigenvalue weighted by molar-refractivity contribution is 0.160. The molecule has 88 valence electrons. The molecular formula is C13H25NO. The lowest BCUT2D eigenvalue weighted by atomic mass is 9.97. The topological polar surface area (TPSA) is 21.3 Å². The van der Waals surface area contributed by atoms with E-state index in [1.54, 1.807) is 7.11 Å². The summed E-state index contributed by atoms with van der Waals surface area (Å²) in [5.41, 5.74) is 0. The lowest BCUT2D eigenvalue weighted by Gasteiger charge is -2.21. The van der Waals surface area contributed by atoms with Crippen molar-refractivity contribution < 1.29 is 4.74 Å². The Labute approximate surface area is 93.8 Å². The molecule has 0 saturated heterocycles. The molecule has 0 aromatic rings. The van der Waals surface area contributed by atoms with Crippen LogP contribution in [0.15, 0.2) is 0 Å². The third-order valence-corrected chi connectivity index (χ3v) is 3.96. The SMILES string of the molecule is CCC(COC)NCC(C1CC1)C1CC1. The van der Waals surface area contributed by atoms with Gasteiger partial charge in [0.15, 0.2) is 0 Å². The van der Waals surface area contributed by atoms with Crippen LogP contribution in [0.4, 0.5) is 0 Å². The highest BCUT2D eigenvalue weighted by atomic mass is 16.5. The Balaban J connectivity index is 1.69. The average Bonchev–Trinajstić information content (AvgIpc) is 3.09. The zero-order valence-corrected chi connectivity index (χ0v) is 10.2. The van der Waals surface area contributed by atoms with Crippen molar-refractivity contribution in [3.63, 3.8) is 0 Å². The first kappa shape index (κ1) is 11.4. The quantitative estimate of drug-likeness (QED) is 0.666. The fourth-order valence-electron chi connectivity index (χ4n) is 2.59. The van der Waals surface area contributed by atoms with E-state index in [2.05, 4.69) is 12.2 Å². The lowest BCUT2D eigenvalue weighted by Crippen LogP contribution is -2.37. The summed E-state index contributed by atoms with van der Waals surface area (Å²) in [4.78, 5) is 0. The molecule has 0 aliphatic heterocycles. The van der Waals surface area contributed by atoms with Crippen LogP contribution in [0, 0.1) is 17.8 Å². The third-order valence-electron chi connectivity index (χ3n) is 3.96. The molecule has 2 fully saturated rings. The molecule has 2 aliphatic carbocycles. The molecule has 2 rings (SSSR count). The number of hydrogen-bond acceptors (Lipinski definition) is 2. The summed E-state index contributed by atoms with van der Waals surface area (Å²) in [6, 6.07) is 0.565. The van der Waals surface area contributed by atoms with E-state index < -0.39 is 0 Å². The summed E-state index contributed by atoms with van der Waals surface area (Å²) in [5, 5.41) is 3.69. The predicted molar refractivity (Wildman–Crippen MR) is 62.9 cm³/mol. The van der Waals surface area contributed by atoms with Crippen molar-refractivity contribution in [1.29, 1.82) is 0 Å². The second kappa shape index (κ2) is 5.31. The normalized spacial score (nSPS) is 23.4. The summed E-state index contributed by atoms with van der Waals surface area (Å²) in [6.45, 7) is 4.33. The average molecular weight is 211 g/mol. The van der Waals surface area contributed by atoms with Gasteiger partial charge < -0.3 is 10.1 Å². The van der Waals surface area contributed by atoms with E-state index in [-0.39, 0.29) is 0 Å². The van der Waals surface area contributed by atoms with E-state index in [0.717, 1.165) is 24.4 Å². The van der Waals surface area contributed by atoms with E-state index in [1.807, 2.05) is 0 Å². The fourth-order valence-corrected chi connectivity index (χ4v) is 2.59. The minimum atomic E-state index is 0.565. The Hall–Kier alpha value is -0.0800. The Kier molecular flexibility index (Phi) is 4.04. The van der Waals surface area contributed by atoms with Gasteiger partial charge in [0.2, 0.25) is 0 Å². The summed E-state index contributed by atoms with van der Waals surface area (Å²) < 4.78 is 5.22. The number of rotatable bonds is 8. The van der Waals surface area contributed by atoms with E-state index >= 15 is 0 Å². The van der Waals surface area contributed by atoms with Crippen molar-refractivity contribution >= 4 is 0 Å². The van der Waals surface area contributed by atoms with Gasteiger partial charge in [-0.1, -0.05) is 6.92 Å². The fraction of sp³-hybridized carbons (Fsp3) is 1.00. The minimum absolute atomic E-state index is 0.565. The molecule has 2 aliphatic rings. The number of ether oxygens (including phenoxy) is 1. The van der Waals surface area contributed by atoms with Crippen LogP contribution in [-0.4, -0.2) is 26.3 Å². The van der Waals surface area contributed by atoms with Crippen LogP contribution in [0.1, 0.15) is 39.0 Å². The maximum absolute atomic E-state index is 5.22. The molecular weight excluding hydrogens is 186 g/mol. The van der Waals surface area contributed by atoms with Crippen LogP contribution in [0.5, 0.6) is 0 Å². The van der Waals surface area contributed by atoms with Crippen molar-refractivity contribution in [3.8, 4) is 0 Å². The molecule has 2 heteroatoms. The van der Waals surface area contributed by atoms with Crippen molar-refractivity contribution in [2.45, 2.75) is 45.1 Å². The summed E-state index contributed by atoms with van der Waals surface area (Å²) in [5.74, 6) is 3.10. The molecule has 0 aromatic carbocycles. The Morgan fingerprint density at radius 2 is 1.80 bits per heavy atom. The van der Waals surface area contributed by atoms with Gasteiger partial charge in [-0.05, 0) is 56.4 Å². The van der Waals surface area contributed by atoms with Crippen LogP contribution in [0.25, 0.3) is 0 Å². The van der Waals surface area contributed by atoms with Crippen molar-refractivity contribution in [2.75, 3.05) is 20.3 Å². The van der Waals surface area contributed by atoms with Gasteiger partial charge in [0.25, 0.3) is 0 Å². The largest absolute Gasteiger partial charge is 0.383 e. The van der Waals surface area contributed by atoms with Crippen LogP contribution in [-0.2, 0) is 4.74 Å². The molecule has 1 unspecified atom stereocenters. The summed E-state index contributed by atoms with van der Waals surface area (Å²) in [7, 11) is 1.80. The summed E-state index contributed by atoms with van der Waals surface area (Å²) in [6.07, 6.45) is 7.14. The van der Waals surface area contributed by atoms with Crippen LogP contribution >= 0.6 is 0 Å². The molecule has 2 saturated carbocycles. The van der Waals surface area contributed by atoms with Crippen LogP contribution in [0.3, 0.4) is 0 Å². The molecule has 0 spiro atoms. The van der Waals surface area contributed by atoms with Gasteiger partial charge in [0.1, 0.15) is 0 Å². The Morgan fingerprint density at radius 1 is 1.20 bits per heavy atom. The van der Waals surface area contributed by atoms with Crippen molar-refractivity contribution in [1.82, 2.24) is 5.32 Å². The first-order valence-corrected chi connectivity index (χ1v) is 6.57. The second-order valence-corrected chi connectivity index (χ2v) is 5.31. The van der Waals surface area contributed by atoms with E-state index in [9.17, 15) is 0 Å². The van der Waals surface area contributed by atoms with E-state index in [4.69, 9.17) is 4.74 Å². The van der Waals surface area contributed by atoms with Gasteiger partial charge >= 0.3 is 0 Å². The minimum Gasteiger partial charge on any atom is -0.383 e. The molecule has 0 radical (unpaired) electrons. The molecule has 1 atom stereocenters. The number of hydrogen-bond donors (Lipinski definition) is 1. The molecule has 2 nitrogen and oxygen atoms in total. The zero-order chi connectivity index (χ0) is 10.7. The second-order valence-electron chi connectivity index (χ2n) is 5.31. The molecule has 1 N–H and O–H groups in total. The predicted octanol–water partition coefficient (Wildman–Crippen LogP) is 2.44. The molecule has 0 aromatic heterocycles. The third kappa shape index (κ3) is 3.46. The molecule has 0 heterocycles. The highest BCUT2D eigenvalue weighted by Gasteiger charge is 2.41. The van der Waals surface area contributed by atoms with Crippen molar-refractivity contribution in [3.05, 3.63) is 0 Å². The zero-order valence-electron chi connectivity index (χ0n) is 10.2. The standard InChI is InChI=1S/C13H25NO/c1-3-12(9-15-2)14-8-13(10-4-5-10)11-6-7-11/h10-14H,3-9H2,1-2H3. The number of nitrogens with one attached hydrogen (secondary N) is 1. The molecule has 0 bridgehead atoms. The highest BCUT2D eigenvalue weighted by molar-refractivity contribution is 4.92. The first-order chi connectivity index (χ1) is 7.35. The van der Waals surface area contributed by atoms with Crippen molar-refractivity contribution in [2.24, 2.45) is 17.8 Å². The van der Waals surface area contributed by atoms with Gasteiger partial charge in [0.05, 0.1) is 6.61 Å². The van der Waals surface area contributed by atoms with E-state index in [0.29, 0.717) is 6.04 Å². The first-order valence-electron chi connectivity index (χ1n) is 6.57.